The van der Waals surface area contributed by atoms with Gasteiger partial charge in [0.1, 0.15) is 5.75 Å². The van der Waals surface area contributed by atoms with E-state index >= 15 is 0 Å². The molecule has 154 valence electrons. The number of nitro benzene ring substituents is 1. The van der Waals surface area contributed by atoms with Gasteiger partial charge in [-0.25, -0.2) is 0 Å². The van der Waals surface area contributed by atoms with Gasteiger partial charge in [0.25, 0.3) is 11.6 Å². The van der Waals surface area contributed by atoms with Crippen molar-refractivity contribution in [2.45, 2.75) is 24.5 Å². The number of carbonyl (C=O) groups is 1. The van der Waals surface area contributed by atoms with E-state index in [0.29, 0.717) is 23.6 Å². The Morgan fingerprint density at radius 3 is 2.57 bits per heavy atom. The molecule has 3 aromatic rings. The van der Waals surface area contributed by atoms with Crippen LogP contribution in [0.25, 0.3) is 0 Å². The molecule has 0 bridgehead atoms. The number of amides is 1. The Balaban J connectivity index is 1.78. The van der Waals surface area contributed by atoms with Crippen LogP contribution in [-0.2, 0) is 5.75 Å². The minimum atomic E-state index is -0.493. The summed E-state index contributed by atoms with van der Waals surface area (Å²) in [6, 6.07) is 19.4. The van der Waals surface area contributed by atoms with Gasteiger partial charge in [-0.15, -0.1) is 11.8 Å². The number of benzene rings is 3. The lowest BCUT2D eigenvalue weighted by Gasteiger charge is -2.12. The van der Waals surface area contributed by atoms with Crippen LogP contribution in [0.1, 0.15) is 28.4 Å². The smallest absolute Gasteiger partial charge is 0.271 e. The number of nitrogens with zero attached hydrogens (tertiary/aromatic N) is 1. The summed E-state index contributed by atoms with van der Waals surface area (Å²) in [5.74, 6) is 1.06. The molecule has 0 aliphatic carbocycles. The summed E-state index contributed by atoms with van der Waals surface area (Å²) in [4.78, 5) is 24.3. The fourth-order valence-electron chi connectivity index (χ4n) is 2.83. The second-order valence-corrected chi connectivity index (χ2v) is 7.67. The Morgan fingerprint density at radius 2 is 1.87 bits per heavy atom. The number of aryl methyl sites for hydroxylation is 1. The third-order valence-corrected chi connectivity index (χ3v) is 5.41. The van der Waals surface area contributed by atoms with E-state index in [9.17, 15) is 14.9 Å². The summed E-state index contributed by atoms with van der Waals surface area (Å²) >= 11 is 1.67. The summed E-state index contributed by atoms with van der Waals surface area (Å²) in [6.07, 6.45) is 0. The highest BCUT2D eigenvalue weighted by Crippen LogP contribution is 2.29. The van der Waals surface area contributed by atoms with E-state index in [2.05, 4.69) is 29.6 Å². The van der Waals surface area contributed by atoms with Crippen molar-refractivity contribution in [2.24, 2.45) is 0 Å². The van der Waals surface area contributed by atoms with Crippen LogP contribution in [0.15, 0.2) is 71.6 Å². The molecule has 1 amide bonds. The molecule has 0 radical (unpaired) electrons. The van der Waals surface area contributed by atoms with Gasteiger partial charge in [-0.1, -0.05) is 23.8 Å². The minimum Gasteiger partial charge on any atom is -0.494 e. The molecule has 0 aromatic heterocycles. The average molecular weight is 423 g/mol. The summed E-state index contributed by atoms with van der Waals surface area (Å²) in [7, 11) is 0. The molecule has 0 aliphatic heterocycles. The van der Waals surface area contributed by atoms with Crippen molar-refractivity contribution < 1.29 is 14.5 Å². The molecule has 0 fully saturated rings. The topological polar surface area (TPSA) is 81.5 Å². The van der Waals surface area contributed by atoms with Crippen LogP contribution in [0.3, 0.4) is 0 Å². The Bertz CT molecular complexity index is 1050. The van der Waals surface area contributed by atoms with Gasteiger partial charge in [0.2, 0.25) is 0 Å². The summed E-state index contributed by atoms with van der Waals surface area (Å²) in [5.41, 5.74) is 2.88. The van der Waals surface area contributed by atoms with E-state index < -0.39 is 4.92 Å². The molecule has 0 saturated heterocycles. The molecule has 30 heavy (non-hydrogen) atoms. The van der Waals surface area contributed by atoms with Crippen LogP contribution >= 0.6 is 11.8 Å². The fourth-order valence-corrected chi connectivity index (χ4v) is 3.70. The third kappa shape index (κ3) is 5.61. The SMILES string of the molecule is CCOc1ccc(C(=O)Nc2cccc([N+](=O)[O-])c2)cc1CSc1ccc(C)cc1. The molecular formula is C23H22N2O4S. The van der Waals surface area contributed by atoms with Gasteiger partial charge >= 0.3 is 0 Å². The van der Waals surface area contributed by atoms with E-state index in [-0.39, 0.29) is 11.6 Å². The zero-order valence-electron chi connectivity index (χ0n) is 16.8. The second-order valence-electron chi connectivity index (χ2n) is 6.62. The third-order valence-electron chi connectivity index (χ3n) is 4.35. The number of hydrogen-bond acceptors (Lipinski definition) is 5. The standard InChI is InChI=1S/C23H22N2O4S/c1-3-29-22-12-9-17(13-18(22)15-30-21-10-7-16(2)8-11-21)23(26)24-19-5-4-6-20(14-19)25(27)28/h4-14H,3,15H2,1-2H3,(H,24,26). The van der Waals surface area contributed by atoms with Crippen molar-refractivity contribution in [1.82, 2.24) is 0 Å². The maximum Gasteiger partial charge on any atom is 0.271 e. The summed E-state index contributed by atoms with van der Waals surface area (Å²) < 4.78 is 5.72. The highest BCUT2D eigenvalue weighted by molar-refractivity contribution is 7.98. The number of thioether (sulfide) groups is 1. The van der Waals surface area contributed by atoms with Gasteiger partial charge in [0, 0.05) is 39.6 Å². The van der Waals surface area contributed by atoms with Gasteiger partial charge in [0.05, 0.1) is 11.5 Å². The van der Waals surface area contributed by atoms with Crippen LogP contribution in [0.2, 0.25) is 0 Å². The Morgan fingerprint density at radius 1 is 1.10 bits per heavy atom. The number of rotatable bonds is 8. The first-order valence-electron chi connectivity index (χ1n) is 9.47. The minimum absolute atomic E-state index is 0.0744. The number of nitro groups is 1. The van der Waals surface area contributed by atoms with Crippen molar-refractivity contribution in [3.05, 3.63) is 93.5 Å². The molecule has 0 atom stereocenters. The van der Waals surface area contributed by atoms with Crippen molar-refractivity contribution in [2.75, 3.05) is 11.9 Å². The van der Waals surface area contributed by atoms with Crippen molar-refractivity contribution >= 4 is 29.0 Å². The van der Waals surface area contributed by atoms with Crippen molar-refractivity contribution in [3.8, 4) is 5.75 Å². The zero-order valence-corrected chi connectivity index (χ0v) is 17.6. The average Bonchev–Trinajstić information content (AvgIpc) is 2.74. The first kappa shape index (κ1) is 21.4. The molecule has 1 N–H and O–H groups in total. The number of ether oxygens (including phenoxy) is 1. The van der Waals surface area contributed by atoms with Crippen LogP contribution in [0.5, 0.6) is 5.75 Å². The van der Waals surface area contributed by atoms with E-state index in [1.165, 1.54) is 23.8 Å². The quantitative estimate of drug-likeness (QED) is 0.280. The van der Waals surface area contributed by atoms with Crippen LogP contribution in [0.4, 0.5) is 11.4 Å². The maximum absolute atomic E-state index is 12.7. The molecule has 0 aliphatic rings. The van der Waals surface area contributed by atoms with Gasteiger partial charge in [-0.2, -0.15) is 0 Å². The molecule has 0 saturated carbocycles. The van der Waals surface area contributed by atoms with Crippen molar-refractivity contribution in [1.29, 1.82) is 0 Å². The molecule has 0 unspecified atom stereocenters. The normalized spacial score (nSPS) is 10.5. The van der Waals surface area contributed by atoms with E-state index in [0.717, 1.165) is 16.2 Å². The number of anilines is 1. The molecule has 0 spiro atoms. The zero-order chi connectivity index (χ0) is 21.5. The number of hydrogen-bond donors (Lipinski definition) is 1. The maximum atomic E-state index is 12.7. The predicted molar refractivity (Wildman–Crippen MR) is 119 cm³/mol. The van der Waals surface area contributed by atoms with E-state index in [4.69, 9.17) is 4.74 Å². The lowest BCUT2D eigenvalue weighted by Crippen LogP contribution is -2.12. The highest BCUT2D eigenvalue weighted by Gasteiger charge is 2.13. The molecule has 3 aromatic carbocycles. The summed E-state index contributed by atoms with van der Waals surface area (Å²) in [5, 5.41) is 13.7. The van der Waals surface area contributed by atoms with Gasteiger partial charge < -0.3 is 10.1 Å². The lowest BCUT2D eigenvalue weighted by atomic mass is 10.1. The Kier molecular flexibility index (Phi) is 7.08. The first-order chi connectivity index (χ1) is 14.5. The van der Waals surface area contributed by atoms with E-state index in [1.54, 1.807) is 36.0 Å². The number of non-ortho nitro benzene ring substituents is 1. The van der Waals surface area contributed by atoms with Crippen LogP contribution in [-0.4, -0.2) is 17.4 Å². The molecule has 7 heteroatoms. The Hall–Kier alpha value is -3.32. The second kappa shape index (κ2) is 9.93. The Labute approximate surface area is 179 Å². The van der Waals surface area contributed by atoms with Gasteiger partial charge in [-0.3, -0.25) is 14.9 Å². The monoisotopic (exact) mass is 422 g/mol. The predicted octanol–water partition coefficient (Wildman–Crippen LogP) is 5.85. The van der Waals surface area contributed by atoms with Crippen LogP contribution in [0, 0.1) is 17.0 Å². The lowest BCUT2D eigenvalue weighted by molar-refractivity contribution is -0.384. The van der Waals surface area contributed by atoms with Gasteiger partial charge in [0.15, 0.2) is 0 Å². The molecular weight excluding hydrogens is 400 g/mol. The molecule has 0 heterocycles. The van der Waals surface area contributed by atoms with Gasteiger partial charge in [-0.05, 0) is 50.2 Å². The highest BCUT2D eigenvalue weighted by atomic mass is 32.2. The largest absolute Gasteiger partial charge is 0.494 e. The van der Waals surface area contributed by atoms with E-state index in [1.807, 2.05) is 13.8 Å². The van der Waals surface area contributed by atoms with Crippen molar-refractivity contribution in [3.63, 3.8) is 0 Å². The summed E-state index contributed by atoms with van der Waals surface area (Å²) in [6.45, 7) is 4.49. The van der Waals surface area contributed by atoms with Crippen LogP contribution < -0.4 is 10.1 Å². The molecule has 6 nitrogen and oxygen atoms in total. The molecule has 3 rings (SSSR count). The fraction of sp³-hybridized carbons (Fsp3) is 0.174. The first-order valence-corrected chi connectivity index (χ1v) is 10.5. The number of nitrogens with one attached hydrogen (secondary N) is 1. The number of carbonyl (C=O) groups excluding carboxylic acids is 1.